The SMILES string of the molecule is O=C(Cn1c2ccc(Br)cc2c2nc3ccccc3nc21)OCc1ccccc1. The highest BCUT2D eigenvalue weighted by Crippen LogP contribution is 2.30. The predicted octanol–water partition coefficient (Wildman–Crippen LogP) is 5.24. The summed E-state index contributed by atoms with van der Waals surface area (Å²) >= 11 is 3.53. The molecule has 0 spiro atoms. The number of aromatic nitrogens is 3. The minimum atomic E-state index is -0.314. The van der Waals surface area contributed by atoms with E-state index in [0.717, 1.165) is 37.5 Å². The van der Waals surface area contributed by atoms with E-state index >= 15 is 0 Å². The second-order valence-electron chi connectivity index (χ2n) is 6.78. The zero-order valence-corrected chi connectivity index (χ0v) is 17.0. The number of benzene rings is 3. The third-order valence-electron chi connectivity index (χ3n) is 4.84. The van der Waals surface area contributed by atoms with Crippen molar-refractivity contribution in [2.24, 2.45) is 0 Å². The molecule has 0 aliphatic heterocycles. The summed E-state index contributed by atoms with van der Waals surface area (Å²) in [7, 11) is 0. The number of nitrogens with zero attached hydrogens (tertiary/aromatic N) is 3. The molecule has 3 aromatic carbocycles. The van der Waals surface area contributed by atoms with Gasteiger partial charge in [-0.3, -0.25) is 4.79 Å². The molecule has 0 atom stereocenters. The number of hydrogen-bond acceptors (Lipinski definition) is 4. The van der Waals surface area contributed by atoms with Crippen molar-refractivity contribution in [2.45, 2.75) is 13.2 Å². The van der Waals surface area contributed by atoms with E-state index < -0.39 is 0 Å². The van der Waals surface area contributed by atoms with Gasteiger partial charge in [0.2, 0.25) is 0 Å². The fourth-order valence-corrected chi connectivity index (χ4v) is 3.84. The van der Waals surface area contributed by atoms with E-state index in [-0.39, 0.29) is 19.1 Å². The Morgan fingerprint density at radius 3 is 2.45 bits per heavy atom. The highest BCUT2D eigenvalue weighted by molar-refractivity contribution is 9.10. The van der Waals surface area contributed by atoms with E-state index in [2.05, 4.69) is 15.9 Å². The highest BCUT2D eigenvalue weighted by Gasteiger charge is 2.17. The smallest absolute Gasteiger partial charge is 0.326 e. The Morgan fingerprint density at radius 2 is 1.66 bits per heavy atom. The van der Waals surface area contributed by atoms with Gasteiger partial charge in [-0.2, -0.15) is 0 Å². The molecule has 0 amide bonds. The van der Waals surface area contributed by atoms with Crippen LogP contribution in [0.2, 0.25) is 0 Å². The summed E-state index contributed by atoms with van der Waals surface area (Å²) in [4.78, 5) is 22.2. The van der Waals surface area contributed by atoms with E-state index in [0.29, 0.717) is 5.65 Å². The Bertz CT molecular complexity index is 1360. The third-order valence-corrected chi connectivity index (χ3v) is 5.34. The van der Waals surface area contributed by atoms with Crippen LogP contribution in [0.25, 0.3) is 33.1 Å². The molecule has 0 fully saturated rings. The Balaban J connectivity index is 1.57. The number of para-hydroxylation sites is 2. The fraction of sp³-hybridized carbons (Fsp3) is 0.0870. The fourth-order valence-electron chi connectivity index (χ4n) is 3.48. The maximum atomic E-state index is 12.6. The van der Waals surface area contributed by atoms with E-state index in [4.69, 9.17) is 14.7 Å². The first-order valence-corrected chi connectivity index (χ1v) is 10.0. The Labute approximate surface area is 175 Å². The number of fused-ring (bicyclic) bond motifs is 4. The first-order chi connectivity index (χ1) is 14.2. The molecule has 142 valence electrons. The van der Waals surface area contributed by atoms with E-state index in [9.17, 15) is 4.79 Å². The lowest BCUT2D eigenvalue weighted by molar-refractivity contribution is -0.145. The van der Waals surface area contributed by atoms with Crippen molar-refractivity contribution < 1.29 is 9.53 Å². The van der Waals surface area contributed by atoms with Crippen LogP contribution in [0.15, 0.2) is 77.3 Å². The van der Waals surface area contributed by atoms with Gasteiger partial charge in [-0.15, -0.1) is 0 Å². The molecule has 2 heterocycles. The Hall–Kier alpha value is -3.25. The minimum absolute atomic E-state index is 0.0709. The molecule has 0 saturated carbocycles. The van der Waals surface area contributed by atoms with Crippen LogP contribution in [0.5, 0.6) is 0 Å². The predicted molar refractivity (Wildman–Crippen MR) is 116 cm³/mol. The van der Waals surface area contributed by atoms with Crippen LogP contribution in [-0.2, 0) is 22.7 Å². The van der Waals surface area contributed by atoms with Crippen molar-refractivity contribution in [1.82, 2.24) is 14.5 Å². The molecule has 5 nitrogen and oxygen atoms in total. The largest absolute Gasteiger partial charge is 0.459 e. The minimum Gasteiger partial charge on any atom is -0.459 e. The molecule has 6 heteroatoms. The van der Waals surface area contributed by atoms with Crippen LogP contribution in [-0.4, -0.2) is 20.5 Å². The normalized spacial score (nSPS) is 11.3. The molecule has 2 aromatic heterocycles. The summed E-state index contributed by atoms with van der Waals surface area (Å²) < 4.78 is 8.32. The molecule has 0 aliphatic carbocycles. The van der Waals surface area contributed by atoms with Gasteiger partial charge >= 0.3 is 5.97 Å². The quantitative estimate of drug-likeness (QED) is 0.354. The summed E-state index contributed by atoms with van der Waals surface area (Å²) in [5.74, 6) is -0.314. The number of ether oxygens (including phenoxy) is 1. The molecule has 0 aliphatic rings. The lowest BCUT2D eigenvalue weighted by Crippen LogP contribution is -2.13. The molecular weight excluding hydrogens is 430 g/mol. The van der Waals surface area contributed by atoms with E-state index in [1.54, 1.807) is 0 Å². The summed E-state index contributed by atoms with van der Waals surface area (Å²) in [5.41, 5.74) is 4.92. The van der Waals surface area contributed by atoms with Crippen molar-refractivity contribution in [3.05, 3.63) is 82.8 Å². The lowest BCUT2D eigenvalue weighted by atomic mass is 10.2. The molecule has 5 rings (SSSR count). The first-order valence-electron chi connectivity index (χ1n) is 9.23. The molecule has 5 aromatic rings. The monoisotopic (exact) mass is 445 g/mol. The average molecular weight is 446 g/mol. The Kier molecular flexibility index (Phi) is 4.48. The number of carbonyl (C=O) groups is 1. The molecule has 0 bridgehead atoms. The van der Waals surface area contributed by atoms with Gasteiger partial charge < -0.3 is 9.30 Å². The standard InChI is InChI=1S/C23H16BrN3O2/c24-16-10-11-20-17(12-16)22-23(26-19-9-5-4-8-18(19)25-22)27(20)13-21(28)29-14-15-6-2-1-3-7-15/h1-12H,13-14H2. The summed E-state index contributed by atoms with van der Waals surface area (Å²) in [5, 5.41) is 0.948. The molecular formula is C23H16BrN3O2. The second-order valence-corrected chi connectivity index (χ2v) is 7.69. The summed E-state index contributed by atoms with van der Waals surface area (Å²) in [6.45, 7) is 0.318. The van der Waals surface area contributed by atoms with Gasteiger partial charge in [-0.1, -0.05) is 58.4 Å². The zero-order valence-electron chi connectivity index (χ0n) is 15.4. The van der Waals surface area contributed by atoms with E-state index in [1.165, 1.54) is 0 Å². The van der Waals surface area contributed by atoms with Crippen LogP contribution < -0.4 is 0 Å². The molecule has 0 saturated heterocycles. The van der Waals surface area contributed by atoms with Crippen molar-refractivity contribution in [3.63, 3.8) is 0 Å². The molecule has 0 N–H and O–H groups in total. The van der Waals surface area contributed by atoms with Gasteiger partial charge in [-0.25, -0.2) is 9.97 Å². The zero-order chi connectivity index (χ0) is 19.8. The number of rotatable bonds is 4. The number of esters is 1. The molecule has 0 radical (unpaired) electrons. The number of halogens is 1. The number of hydrogen-bond donors (Lipinski definition) is 0. The summed E-state index contributed by atoms with van der Waals surface area (Å²) in [6, 6.07) is 23.3. The maximum absolute atomic E-state index is 12.6. The van der Waals surface area contributed by atoms with Crippen molar-refractivity contribution >= 4 is 55.0 Å². The maximum Gasteiger partial charge on any atom is 0.326 e. The van der Waals surface area contributed by atoms with Gasteiger partial charge in [0.05, 0.1) is 16.6 Å². The highest BCUT2D eigenvalue weighted by atomic mass is 79.9. The van der Waals surface area contributed by atoms with Gasteiger partial charge in [0.25, 0.3) is 0 Å². The average Bonchev–Trinajstić information content (AvgIpc) is 3.03. The Morgan fingerprint density at radius 1 is 0.931 bits per heavy atom. The van der Waals surface area contributed by atoms with Crippen molar-refractivity contribution in [1.29, 1.82) is 0 Å². The first kappa shape index (κ1) is 17.8. The van der Waals surface area contributed by atoms with Gasteiger partial charge in [-0.05, 0) is 35.9 Å². The molecule has 29 heavy (non-hydrogen) atoms. The second kappa shape index (κ2) is 7.29. The van der Waals surface area contributed by atoms with Crippen LogP contribution in [0.4, 0.5) is 0 Å². The van der Waals surface area contributed by atoms with Crippen molar-refractivity contribution in [3.8, 4) is 0 Å². The van der Waals surface area contributed by atoms with Crippen LogP contribution in [0.1, 0.15) is 5.56 Å². The topological polar surface area (TPSA) is 57.0 Å². The lowest BCUT2D eigenvalue weighted by Gasteiger charge is -2.08. The van der Waals surface area contributed by atoms with Crippen LogP contribution in [0, 0.1) is 0 Å². The molecule has 0 unspecified atom stereocenters. The van der Waals surface area contributed by atoms with Crippen LogP contribution >= 0.6 is 15.9 Å². The van der Waals surface area contributed by atoms with Gasteiger partial charge in [0.1, 0.15) is 18.7 Å². The van der Waals surface area contributed by atoms with Gasteiger partial charge in [0.15, 0.2) is 5.65 Å². The van der Waals surface area contributed by atoms with E-state index in [1.807, 2.05) is 77.4 Å². The van der Waals surface area contributed by atoms with Crippen LogP contribution in [0.3, 0.4) is 0 Å². The third kappa shape index (κ3) is 3.36. The van der Waals surface area contributed by atoms with Gasteiger partial charge in [0, 0.05) is 9.86 Å². The van der Waals surface area contributed by atoms with Crippen molar-refractivity contribution in [2.75, 3.05) is 0 Å². The summed E-state index contributed by atoms with van der Waals surface area (Å²) in [6.07, 6.45) is 0. The number of carbonyl (C=O) groups excluding carboxylic acids is 1.